The molecule has 84 valence electrons. The van der Waals surface area contributed by atoms with Crippen LogP contribution in [0.15, 0.2) is 0 Å². The van der Waals surface area contributed by atoms with Crippen LogP contribution in [-0.4, -0.2) is 42.5 Å². The molecule has 0 spiro atoms. The Bertz CT molecular complexity index is 260. The molecule has 0 radical (unpaired) electrons. The third kappa shape index (κ3) is 2.68. The molecule has 5 nitrogen and oxygen atoms in total. The molecule has 0 aromatic heterocycles. The molecule has 2 fully saturated rings. The van der Waals surface area contributed by atoms with Gasteiger partial charge in [0.25, 0.3) is 0 Å². The third-order valence-electron chi connectivity index (χ3n) is 2.76. The number of nitrogens with one attached hydrogen (secondary N) is 2. The molecule has 5 heteroatoms. The Morgan fingerprint density at radius 3 is 2.80 bits per heavy atom. The van der Waals surface area contributed by atoms with E-state index in [-0.39, 0.29) is 18.5 Å². The number of hydrogen-bond acceptors (Lipinski definition) is 3. The van der Waals surface area contributed by atoms with Crippen molar-refractivity contribution in [2.24, 2.45) is 5.92 Å². The lowest BCUT2D eigenvalue weighted by atomic mass is 10.1. The number of rotatable bonds is 5. The van der Waals surface area contributed by atoms with Crippen molar-refractivity contribution in [1.29, 1.82) is 0 Å². The third-order valence-corrected chi connectivity index (χ3v) is 2.76. The fourth-order valence-electron chi connectivity index (χ4n) is 1.67. The quantitative estimate of drug-likeness (QED) is 0.626. The fourth-order valence-corrected chi connectivity index (χ4v) is 1.67. The standard InChI is InChI=1S/C10H17N3O2/c1-7(4-11-8-2-3-8)6-13-9(14)5-12-10(13)15/h7-8,11H,2-6H2,1H3,(H,12,15). The summed E-state index contributed by atoms with van der Waals surface area (Å²) in [6.45, 7) is 3.60. The van der Waals surface area contributed by atoms with Crippen LogP contribution in [0.4, 0.5) is 4.79 Å². The van der Waals surface area contributed by atoms with Crippen LogP contribution in [0.1, 0.15) is 19.8 Å². The molecule has 1 heterocycles. The van der Waals surface area contributed by atoms with Crippen LogP contribution in [0, 0.1) is 5.92 Å². The summed E-state index contributed by atoms with van der Waals surface area (Å²) in [5.41, 5.74) is 0. The lowest BCUT2D eigenvalue weighted by Gasteiger charge is -2.18. The Kier molecular flexibility index (Phi) is 2.90. The highest BCUT2D eigenvalue weighted by Gasteiger charge is 2.29. The fraction of sp³-hybridized carbons (Fsp3) is 0.800. The number of urea groups is 1. The first-order valence-electron chi connectivity index (χ1n) is 5.48. The minimum absolute atomic E-state index is 0.113. The number of amides is 3. The van der Waals surface area contributed by atoms with E-state index in [0.29, 0.717) is 18.5 Å². The largest absolute Gasteiger partial charge is 0.329 e. The monoisotopic (exact) mass is 211 g/mol. The molecule has 3 amide bonds. The second-order valence-electron chi connectivity index (χ2n) is 4.45. The smallest absolute Gasteiger partial charge is 0.324 e. The van der Waals surface area contributed by atoms with Gasteiger partial charge in [0.05, 0.1) is 6.54 Å². The first kappa shape index (κ1) is 10.4. The van der Waals surface area contributed by atoms with Crippen LogP contribution in [0.25, 0.3) is 0 Å². The summed E-state index contributed by atoms with van der Waals surface area (Å²) in [5, 5.41) is 5.91. The number of carbonyl (C=O) groups is 2. The van der Waals surface area contributed by atoms with E-state index in [0.717, 1.165) is 6.54 Å². The maximum atomic E-state index is 11.3. The van der Waals surface area contributed by atoms with E-state index in [4.69, 9.17) is 0 Å². The Labute approximate surface area is 89.2 Å². The van der Waals surface area contributed by atoms with Crippen molar-refractivity contribution in [2.45, 2.75) is 25.8 Å². The number of hydrogen-bond donors (Lipinski definition) is 2. The Morgan fingerprint density at radius 1 is 1.53 bits per heavy atom. The van der Waals surface area contributed by atoms with Crippen molar-refractivity contribution in [1.82, 2.24) is 15.5 Å². The summed E-state index contributed by atoms with van der Waals surface area (Å²) >= 11 is 0. The predicted molar refractivity (Wildman–Crippen MR) is 55.3 cm³/mol. The SMILES string of the molecule is CC(CNC1CC1)CN1C(=O)CNC1=O. The maximum absolute atomic E-state index is 11.3. The number of nitrogens with zero attached hydrogens (tertiary/aromatic N) is 1. The Morgan fingerprint density at radius 2 is 2.27 bits per heavy atom. The van der Waals surface area contributed by atoms with Gasteiger partial charge in [0.1, 0.15) is 0 Å². The number of imide groups is 1. The van der Waals surface area contributed by atoms with Crippen molar-refractivity contribution in [3.63, 3.8) is 0 Å². The predicted octanol–water partition coefficient (Wildman–Crippen LogP) is -0.0737. The zero-order valence-corrected chi connectivity index (χ0v) is 8.95. The van der Waals surface area contributed by atoms with E-state index >= 15 is 0 Å². The van der Waals surface area contributed by atoms with Crippen molar-refractivity contribution in [3.8, 4) is 0 Å². The van der Waals surface area contributed by atoms with E-state index in [2.05, 4.69) is 10.6 Å². The first-order chi connectivity index (χ1) is 7.16. The van der Waals surface area contributed by atoms with Crippen LogP contribution in [0.5, 0.6) is 0 Å². The molecule has 0 aromatic carbocycles. The molecule has 2 rings (SSSR count). The average Bonchev–Trinajstić information content (AvgIpc) is 2.98. The van der Waals surface area contributed by atoms with Crippen molar-refractivity contribution in [2.75, 3.05) is 19.6 Å². The molecule has 0 bridgehead atoms. The van der Waals surface area contributed by atoms with Crippen LogP contribution in [0.2, 0.25) is 0 Å². The molecule has 2 aliphatic rings. The summed E-state index contributed by atoms with van der Waals surface area (Å²) in [4.78, 5) is 23.8. The van der Waals surface area contributed by atoms with Gasteiger partial charge in [-0.25, -0.2) is 4.79 Å². The molecule has 1 aliphatic carbocycles. The highest BCUT2D eigenvalue weighted by molar-refractivity contribution is 6.01. The lowest BCUT2D eigenvalue weighted by Crippen LogP contribution is -2.38. The summed E-state index contributed by atoms with van der Waals surface area (Å²) in [6.07, 6.45) is 2.52. The van der Waals surface area contributed by atoms with E-state index < -0.39 is 0 Å². The summed E-state index contributed by atoms with van der Waals surface area (Å²) in [5.74, 6) is 0.205. The first-order valence-corrected chi connectivity index (χ1v) is 5.48. The Balaban J connectivity index is 1.73. The van der Waals surface area contributed by atoms with Gasteiger partial charge >= 0.3 is 6.03 Å². The molecule has 1 aliphatic heterocycles. The second kappa shape index (κ2) is 4.18. The van der Waals surface area contributed by atoms with E-state index in [9.17, 15) is 9.59 Å². The van der Waals surface area contributed by atoms with Crippen LogP contribution < -0.4 is 10.6 Å². The zero-order valence-electron chi connectivity index (χ0n) is 8.95. The molecular formula is C10H17N3O2. The van der Waals surface area contributed by atoms with Gasteiger partial charge in [-0.15, -0.1) is 0 Å². The summed E-state index contributed by atoms with van der Waals surface area (Å²) < 4.78 is 0. The van der Waals surface area contributed by atoms with Crippen LogP contribution >= 0.6 is 0 Å². The average molecular weight is 211 g/mol. The molecule has 15 heavy (non-hydrogen) atoms. The molecule has 2 N–H and O–H groups in total. The van der Waals surface area contributed by atoms with Crippen molar-refractivity contribution >= 4 is 11.9 Å². The molecule has 1 saturated carbocycles. The van der Waals surface area contributed by atoms with Crippen LogP contribution in [-0.2, 0) is 4.79 Å². The summed E-state index contributed by atoms with van der Waals surface area (Å²) in [7, 11) is 0. The topological polar surface area (TPSA) is 61.4 Å². The van der Waals surface area contributed by atoms with Gasteiger partial charge in [-0.3, -0.25) is 9.69 Å². The number of carbonyl (C=O) groups excluding carboxylic acids is 2. The van der Waals surface area contributed by atoms with E-state index in [1.165, 1.54) is 17.7 Å². The summed E-state index contributed by atoms with van der Waals surface area (Å²) in [6, 6.07) is 0.425. The maximum Gasteiger partial charge on any atom is 0.324 e. The van der Waals surface area contributed by atoms with Gasteiger partial charge in [0, 0.05) is 12.6 Å². The van der Waals surface area contributed by atoms with Gasteiger partial charge in [-0.05, 0) is 25.3 Å². The molecule has 1 atom stereocenters. The highest BCUT2D eigenvalue weighted by atomic mass is 16.2. The highest BCUT2D eigenvalue weighted by Crippen LogP contribution is 2.18. The second-order valence-corrected chi connectivity index (χ2v) is 4.45. The zero-order chi connectivity index (χ0) is 10.8. The van der Waals surface area contributed by atoms with E-state index in [1.807, 2.05) is 6.92 Å². The molecular weight excluding hydrogens is 194 g/mol. The molecule has 1 unspecified atom stereocenters. The molecule has 1 saturated heterocycles. The molecule has 0 aromatic rings. The van der Waals surface area contributed by atoms with Gasteiger partial charge < -0.3 is 10.6 Å². The normalized spacial score (nSPS) is 23.1. The minimum atomic E-state index is -0.252. The minimum Gasteiger partial charge on any atom is -0.329 e. The van der Waals surface area contributed by atoms with Gasteiger partial charge in [-0.1, -0.05) is 6.92 Å². The van der Waals surface area contributed by atoms with Crippen molar-refractivity contribution < 1.29 is 9.59 Å². The Hall–Kier alpha value is -1.10. The van der Waals surface area contributed by atoms with Gasteiger partial charge in [0.15, 0.2) is 0 Å². The van der Waals surface area contributed by atoms with Crippen LogP contribution in [0.3, 0.4) is 0 Å². The van der Waals surface area contributed by atoms with Gasteiger partial charge in [-0.2, -0.15) is 0 Å². The van der Waals surface area contributed by atoms with Gasteiger partial charge in [0.2, 0.25) is 5.91 Å². The lowest BCUT2D eigenvalue weighted by molar-refractivity contribution is -0.125. The van der Waals surface area contributed by atoms with Crippen molar-refractivity contribution in [3.05, 3.63) is 0 Å². The van der Waals surface area contributed by atoms with E-state index in [1.54, 1.807) is 0 Å².